The van der Waals surface area contributed by atoms with Gasteiger partial charge in [0, 0.05) is 13.0 Å². The fourth-order valence-corrected chi connectivity index (χ4v) is 3.48. The molecule has 1 saturated carbocycles. The molecule has 0 bridgehead atoms. The largest absolute Gasteiger partial charge is 0.330 e. The number of hydrogen-bond acceptors (Lipinski definition) is 3. The lowest BCUT2D eigenvalue weighted by Gasteiger charge is -2.29. The molecule has 18 heavy (non-hydrogen) atoms. The second-order valence-electron chi connectivity index (χ2n) is 5.14. The Morgan fingerprint density at radius 1 is 1.44 bits per heavy atom. The van der Waals surface area contributed by atoms with Gasteiger partial charge in [0.15, 0.2) is 0 Å². The van der Waals surface area contributed by atoms with Crippen molar-refractivity contribution >= 4 is 22.2 Å². The van der Waals surface area contributed by atoms with Gasteiger partial charge in [0.05, 0.1) is 5.00 Å². The quantitative estimate of drug-likeness (QED) is 0.911. The minimum absolute atomic E-state index is 0.214. The molecule has 1 amide bonds. The number of rotatable bonds is 4. The van der Waals surface area contributed by atoms with E-state index in [0.717, 1.165) is 49.6 Å². The van der Waals surface area contributed by atoms with E-state index in [1.54, 1.807) is 11.3 Å². The van der Waals surface area contributed by atoms with Gasteiger partial charge in [0.25, 0.3) is 0 Å². The van der Waals surface area contributed by atoms with Crippen molar-refractivity contribution in [2.75, 3.05) is 18.5 Å². The maximum absolute atomic E-state index is 12.4. The van der Waals surface area contributed by atoms with Crippen LogP contribution < -0.4 is 10.6 Å². The Kier molecular flexibility index (Phi) is 4.78. The van der Waals surface area contributed by atoms with E-state index in [4.69, 9.17) is 5.73 Å². The molecule has 0 aromatic carbocycles. The third kappa shape index (κ3) is 3.12. The Labute approximate surface area is 113 Å². The fourth-order valence-electron chi connectivity index (χ4n) is 2.78. The van der Waals surface area contributed by atoms with Gasteiger partial charge in [-0.2, -0.15) is 0 Å². The van der Waals surface area contributed by atoms with E-state index in [1.165, 1.54) is 0 Å². The predicted molar refractivity (Wildman–Crippen MR) is 76.8 cm³/mol. The molecule has 0 atom stereocenters. The fraction of sp³-hybridized carbons (Fsp3) is 0.643. The molecular formula is C14H22N2OS. The van der Waals surface area contributed by atoms with Crippen LogP contribution in [-0.2, 0) is 4.79 Å². The number of amides is 1. The second kappa shape index (κ2) is 6.34. The first-order chi connectivity index (χ1) is 8.72. The molecule has 0 radical (unpaired) electrons. The summed E-state index contributed by atoms with van der Waals surface area (Å²) in [5, 5.41) is 3.06. The van der Waals surface area contributed by atoms with E-state index in [2.05, 4.69) is 0 Å². The van der Waals surface area contributed by atoms with Gasteiger partial charge in [-0.25, -0.2) is 0 Å². The van der Waals surface area contributed by atoms with Crippen LogP contribution in [0.25, 0.3) is 0 Å². The molecule has 100 valence electrons. The summed E-state index contributed by atoms with van der Waals surface area (Å²) in [5.74, 6) is 1.24. The van der Waals surface area contributed by atoms with Gasteiger partial charge in [-0.05, 0) is 62.1 Å². The molecule has 3 nitrogen and oxygen atoms in total. The summed E-state index contributed by atoms with van der Waals surface area (Å²) in [6, 6.07) is 3.99. The first-order valence-corrected chi connectivity index (χ1v) is 7.61. The summed E-state index contributed by atoms with van der Waals surface area (Å²) < 4.78 is 0. The van der Waals surface area contributed by atoms with Crippen molar-refractivity contribution in [1.82, 2.24) is 0 Å². The Morgan fingerprint density at radius 3 is 2.72 bits per heavy atom. The van der Waals surface area contributed by atoms with E-state index >= 15 is 0 Å². The second-order valence-corrected chi connectivity index (χ2v) is 6.07. The predicted octanol–water partition coefficient (Wildman–Crippen LogP) is 2.87. The molecule has 0 saturated heterocycles. The maximum Gasteiger partial charge on any atom is 0.230 e. The number of nitrogens with zero attached hydrogens (tertiary/aromatic N) is 1. The van der Waals surface area contributed by atoms with E-state index in [1.807, 2.05) is 29.5 Å². The average Bonchev–Trinajstić information content (AvgIpc) is 2.92. The minimum atomic E-state index is 0.214. The van der Waals surface area contributed by atoms with Crippen molar-refractivity contribution in [3.05, 3.63) is 17.5 Å². The van der Waals surface area contributed by atoms with Crippen LogP contribution in [0.2, 0.25) is 0 Å². The maximum atomic E-state index is 12.4. The Balaban J connectivity index is 1.87. The normalized spacial score (nSPS) is 23.9. The van der Waals surface area contributed by atoms with E-state index in [0.29, 0.717) is 0 Å². The standard InChI is InChI=1S/C14H22N2OS/c1-16(13-3-2-10-18-13)14(17)12-6-4-11(5-7-12)8-9-15/h2-3,10-12H,4-9,15H2,1H3. The minimum Gasteiger partial charge on any atom is -0.330 e. The van der Waals surface area contributed by atoms with Gasteiger partial charge in [0.2, 0.25) is 5.91 Å². The molecule has 1 fully saturated rings. The summed E-state index contributed by atoms with van der Waals surface area (Å²) in [7, 11) is 1.89. The molecule has 1 aromatic heterocycles. The SMILES string of the molecule is CN(C(=O)C1CCC(CCN)CC1)c1cccs1. The highest BCUT2D eigenvalue weighted by Gasteiger charge is 2.28. The molecule has 1 heterocycles. The lowest BCUT2D eigenvalue weighted by atomic mass is 9.80. The Hall–Kier alpha value is -0.870. The third-order valence-electron chi connectivity index (χ3n) is 3.94. The zero-order valence-electron chi connectivity index (χ0n) is 11.0. The topological polar surface area (TPSA) is 46.3 Å². The summed E-state index contributed by atoms with van der Waals surface area (Å²) in [6.07, 6.45) is 5.48. The Bertz CT molecular complexity index is 369. The highest BCUT2D eigenvalue weighted by atomic mass is 32.1. The summed E-state index contributed by atoms with van der Waals surface area (Å²) >= 11 is 1.62. The van der Waals surface area contributed by atoms with Crippen LogP contribution in [0.4, 0.5) is 5.00 Å². The zero-order chi connectivity index (χ0) is 13.0. The molecule has 1 aliphatic carbocycles. The van der Waals surface area contributed by atoms with Gasteiger partial charge in [-0.15, -0.1) is 11.3 Å². The number of anilines is 1. The van der Waals surface area contributed by atoms with Crippen molar-refractivity contribution in [1.29, 1.82) is 0 Å². The molecule has 1 aliphatic rings. The molecule has 0 spiro atoms. The van der Waals surface area contributed by atoms with Crippen LogP contribution >= 0.6 is 11.3 Å². The molecule has 1 aromatic rings. The van der Waals surface area contributed by atoms with E-state index in [9.17, 15) is 4.79 Å². The molecule has 0 aliphatic heterocycles. The number of hydrogen-bond donors (Lipinski definition) is 1. The van der Waals surface area contributed by atoms with Crippen LogP contribution in [-0.4, -0.2) is 19.5 Å². The summed E-state index contributed by atoms with van der Waals surface area (Å²) in [5.41, 5.74) is 5.59. The van der Waals surface area contributed by atoms with Crippen LogP contribution in [0.5, 0.6) is 0 Å². The number of nitrogens with two attached hydrogens (primary N) is 1. The van der Waals surface area contributed by atoms with Crippen LogP contribution in [0, 0.1) is 11.8 Å². The first-order valence-electron chi connectivity index (χ1n) is 6.73. The lowest BCUT2D eigenvalue weighted by Crippen LogP contribution is -2.34. The summed E-state index contributed by atoms with van der Waals surface area (Å²) in [4.78, 5) is 14.2. The zero-order valence-corrected chi connectivity index (χ0v) is 11.8. The van der Waals surface area contributed by atoms with Crippen LogP contribution in [0.1, 0.15) is 32.1 Å². The number of carbonyl (C=O) groups is 1. The average molecular weight is 266 g/mol. The number of thiophene rings is 1. The molecule has 0 unspecified atom stereocenters. The van der Waals surface area contributed by atoms with E-state index < -0.39 is 0 Å². The van der Waals surface area contributed by atoms with Crippen LogP contribution in [0.15, 0.2) is 17.5 Å². The molecule has 4 heteroatoms. The lowest BCUT2D eigenvalue weighted by molar-refractivity contribution is -0.123. The van der Waals surface area contributed by atoms with Gasteiger partial charge in [-0.1, -0.05) is 0 Å². The van der Waals surface area contributed by atoms with Gasteiger partial charge < -0.3 is 10.6 Å². The van der Waals surface area contributed by atoms with Crippen molar-refractivity contribution in [2.24, 2.45) is 17.6 Å². The van der Waals surface area contributed by atoms with Gasteiger partial charge >= 0.3 is 0 Å². The van der Waals surface area contributed by atoms with Crippen LogP contribution in [0.3, 0.4) is 0 Å². The van der Waals surface area contributed by atoms with E-state index in [-0.39, 0.29) is 11.8 Å². The highest BCUT2D eigenvalue weighted by molar-refractivity contribution is 7.14. The van der Waals surface area contributed by atoms with Gasteiger partial charge in [0.1, 0.15) is 0 Å². The third-order valence-corrected chi connectivity index (χ3v) is 4.88. The Morgan fingerprint density at radius 2 is 2.17 bits per heavy atom. The molecule has 2 N–H and O–H groups in total. The first kappa shape index (κ1) is 13.6. The summed E-state index contributed by atoms with van der Waals surface area (Å²) in [6.45, 7) is 0.776. The highest BCUT2D eigenvalue weighted by Crippen LogP contribution is 2.32. The number of carbonyl (C=O) groups excluding carboxylic acids is 1. The van der Waals surface area contributed by atoms with Crippen molar-refractivity contribution in [2.45, 2.75) is 32.1 Å². The van der Waals surface area contributed by atoms with Gasteiger partial charge in [-0.3, -0.25) is 4.79 Å². The van der Waals surface area contributed by atoms with Crippen molar-refractivity contribution < 1.29 is 4.79 Å². The smallest absolute Gasteiger partial charge is 0.230 e. The van der Waals surface area contributed by atoms with Crippen molar-refractivity contribution in [3.63, 3.8) is 0 Å². The molecular weight excluding hydrogens is 244 g/mol. The molecule has 2 rings (SSSR count). The monoisotopic (exact) mass is 266 g/mol. The van der Waals surface area contributed by atoms with Crippen molar-refractivity contribution in [3.8, 4) is 0 Å².